The van der Waals surface area contributed by atoms with Crippen molar-refractivity contribution < 1.29 is 13.2 Å². The molecule has 2 rings (SSSR count). The second kappa shape index (κ2) is 5.00. The molecule has 0 aliphatic heterocycles. The Balaban J connectivity index is 2.46. The number of rotatable bonds is 3. The van der Waals surface area contributed by atoms with Crippen LogP contribution in [0.1, 0.15) is 5.56 Å². The lowest BCUT2D eigenvalue weighted by Crippen LogP contribution is -2.01. The molecule has 0 saturated carbocycles. The fourth-order valence-corrected chi connectivity index (χ4v) is 2.83. The SMILES string of the molecule is O=C=Cc1ccc(S(=O)(=O)c2ccccc2)cc1. The van der Waals surface area contributed by atoms with Gasteiger partial charge in [-0.3, -0.25) is 0 Å². The van der Waals surface area contributed by atoms with Crippen molar-refractivity contribution in [3.8, 4) is 0 Å². The van der Waals surface area contributed by atoms with Crippen LogP contribution in [0, 0.1) is 0 Å². The summed E-state index contributed by atoms with van der Waals surface area (Å²) in [6, 6.07) is 14.3. The van der Waals surface area contributed by atoms with Crippen LogP contribution in [0.3, 0.4) is 0 Å². The van der Waals surface area contributed by atoms with E-state index in [1.807, 2.05) is 0 Å². The van der Waals surface area contributed by atoms with Crippen LogP contribution in [-0.4, -0.2) is 14.4 Å². The summed E-state index contributed by atoms with van der Waals surface area (Å²) in [7, 11) is -3.48. The lowest BCUT2D eigenvalue weighted by molar-refractivity contribution is 0.570. The average Bonchev–Trinajstić information content (AvgIpc) is 2.41. The molecule has 2 aromatic carbocycles. The molecule has 0 aliphatic carbocycles. The van der Waals surface area contributed by atoms with Gasteiger partial charge in [-0.25, -0.2) is 13.2 Å². The fraction of sp³-hybridized carbons (Fsp3) is 0. The monoisotopic (exact) mass is 258 g/mol. The molecule has 0 aromatic heterocycles. The minimum atomic E-state index is -3.48. The van der Waals surface area contributed by atoms with Crippen molar-refractivity contribution in [3.05, 3.63) is 60.2 Å². The van der Waals surface area contributed by atoms with Crippen molar-refractivity contribution in [1.29, 1.82) is 0 Å². The molecule has 90 valence electrons. The smallest absolute Gasteiger partial charge is 0.206 e. The summed E-state index contributed by atoms with van der Waals surface area (Å²) >= 11 is 0. The Labute approximate surface area is 105 Å². The number of hydrogen-bond acceptors (Lipinski definition) is 3. The van der Waals surface area contributed by atoms with Crippen molar-refractivity contribution in [2.24, 2.45) is 0 Å². The van der Waals surface area contributed by atoms with Gasteiger partial charge in [0.1, 0.15) is 5.94 Å². The first kappa shape index (κ1) is 12.3. The Morgan fingerprint density at radius 2 is 1.39 bits per heavy atom. The number of benzene rings is 2. The van der Waals surface area contributed by atoms with Crippen LogP contribution < -0.4 is 0 Å². The highest BCUT2D eigenvalue weighted by molar-refractivity contribution is 7.91. The molecule has 0 spiro atoms. The van der Waals surface area contributed by atoms with E-state index in [9.17, 15) is 13.2 Å². The van der Waals surface area contributed by atoms with Gasteiger partial charge in [-0.05, 0) is 29.8 Å². The molecule has 2 aromatic rings. The number of hydrogen-bond donors (Lipinski definition) is 0. The van der Waals surface area contributed by atoms with Crippen LogP contribution >= 0.6 is 0 Å². The largest absolute Gasteiger partial charge is 0.233 e. The van der Waals surface area contributed by atoms with Gasteiger partial charge in [0.2, 0.25) is 9.84 Å². The van der Waals surface area contributed by atoms with Crippen LogP contribution in [-0.2, 0) is 14.6 Å². The van der Waals surface area contributed by atoms with E-state index in [0.717, 1.165) is 0 Å². The number of sulfone groups is 1. The predicted octanol–water partition coefficient (Wildman–Crippen LogP) is 2.36. The molecule has 0 fully saturated rings. The molecule has 0 N–H and O–H groups in total. The van der Waals surface area contributed by atoms with E-state index < -0.39 is 9.84 Å². The van der Waals surface area contributed by atoms with Gasteiger partial charge < -0.3 is 0 Å². The molecule has 18 heavy (non-hydrogen) atoms. The van der Waals surface area contributed by atoms with E-state index in [2.05, 4.69) is 0 Å². The summed E-state index contributed by atoms with van der Waals surface area (Å²) < 4.78 is 24.4. The second-order valence-electron chi connectivity index (χ2n) is 3.65. The Kier molecular flexibility index (Phi) is 3.42. The third kappa shape index (κ3) is 2.40. The molecule has 0 bridgehead atoms. The zero-order valence-corrected chi connectivity index (χ0v) is 10.2. The molecule has 0 radical (unpaired) electrons. The van der Waals surface area contributed by atoms with Gasteiger partial charge in [0.15, 0.2) is 0 Å². The van der Waals surface area contributed by atoms with E-state index in [1.165, 1.54) is 18.2 Å². The fourth-order valence-electron chi connectivity index (χ4n) is 1.55. The van der Waals surface area contributed by atoms with Gasteiger partial charge in [0.25, 0.3) is 0 Å². The molecule has 4 heteroatoms. The minimum absolute atomic E-state index is 0.205. The van der Waals surface area contributed by atoms with E-state index >= 15 is 0 Å². The van der Waals surface area contributed by atoms with Gasteiger partial charge >= 0.3 is 0 Å². The minimum Gasteiger partial charge on any atom is -0.233 e. The highest BCUT2D eigenvalue weighted by Gasteiger charge is 2.16. The maximum atomic E-state index is 12.2. The van der Waals surface area contributed by atoms with Gasteiger partial charge in [0, 0.05) is 6.08 Å². The number of carbonyl (C=O) groups excluding carboxylic acids is 1. The molecular formula is C14H10O3S. The Morgan fingerprint density at radius 1 is 0.833 bits per heavy atom. The third-order valence-corrected chi connectivity index (χ3v) is 4.26. The summed E-state index contributed by atoms with van der Waals surface area (Å²) in [4.78, 5) is 10.6. The van der Waals surface area contributed by atoms with Crippen LogP contribution in [0.5, 0.6) is 0 Å². The molecule has 0 atom stereocenters. The molecule has 0 unspecified atom stereocenters. The van der Waals surface area contributed by atoms with Crippen molar-refractivity contribution in [1.82, 2.24) is 0 Å². The Bertz CT molecular complexity index is 680. The Hall–Kier alpha value is -2.16. The lowest BCUT2D eigenvalue weighted by atomic mass is 10.2. The maximum absolute atomic E-state index is 12.2. The summed E-state index contributed by atoms with van der Waals surface area (Å²) in [6.07, 6.45) is 1.25. The topological polar surface area (TPSA) is 51.2 Å². The quantitative estimate of drug-likeness (QED) is 0.794. The molecular weight excluding hydrogens is 248 g/mol. The van der Waals surface area contributed by atoms with E-state index in [4.69, 9.17) is 0 Å². The summed E-state index contributed by atoms with van der Waals surface area (Å²) in [5.74, 6) is 1.65. The summed E-state index contributed by atoms with van der Waals surface area (Å²) in [6.45, 7) is 0. The highest BCUT2D eigenvalue weighted by atomic mass is 32.2. The van der Waals surface area contributed by atoms with Gasteiger partial charge in [-0.2, -0.15) is 0 Å². The van der Waals surface area contributed by atoms with Gasteiger partial charge in [-0.15, -0.1) is 0 Å². The zero-order chi connectivity index (χ0) is 13.0. The van der Waals surface area contributed by atoms with Crippen molar-refractivity contribution >= 4 is 21.9 Å². The van der Waals surface area contributed by atoms with Gasteiger partial charge in [0.05, 0.1) is 9.79 Å². The van der Waals surface area contributed by atoms with Crippen molar-refractivity contribution in [2.45, 2.75) is 9.79 Å². The average molecular weight is 258 g/mol. The summed E-state index contributed by atoms with van der Waals surface area (Å²) in [5.41, 5.74) is 0.622. The van der Waals surface area contributed by atoms with Crippen molar-refractivity contribution in [2.75, 3.05) is 0 Å². The first-order valence-corrected chi connectivity index (χ1v) is 6.74. The van der Waals surface area contributed by atoms with Crippen LogP contribution in [0.25, 0.3) is 6.08 Å². The van der Waals surface area contributed by atoms with E-state index in [0.29, 0.717) is 5.56 Å². The van der Waals surface area contributed by atoms with E-state index in [1.54, 1.807) is 48.4 Å². The first-order chi connectivity index (χ1) is 8.64. The molecule has 3 nitrogen and oxygen atoms in total. The highest BCUT2D eigenvalue weighted by Crippen LogP contribution is 2.20. The molecule has 0 amide bonds. The van der Waals surface area contributed by atoms with Crippen molar-refractivity contribution in [3.63, 3.8) is 0 Å². The van der Waals surface area contributed by atoms with Gasteiger partial charge in [-0.1, -0.05) is 30.3 Å². The molecule has 0 aliphatic rings. The zero-order valence-electron chi connectivity index (χ0n) is 9.41. The lowest BCUT2D eigenvalue weighted by Gasteiger charge is -2.04. The molecule has 0 saturated heterocycles. The van der Waals surface area contributed by atoms with Crippen LogP contribution in [0.2, 0.25) is 0 Å². The third-order valence-electron chi connectivity index (χ3n) is 2.47. The van der Waals surface area contributed by atoms with Crippen LogP contribution in [0.15, 0.2) is 64.4 Å². The second-order valence-corrected chi connectivity index (χ2v) is 5.60. The first-order valence-electron chi connectivity index (χ1n) is 5.26. The van der Waals surface area contributed by atoms with E-state index in [-0.39, 0.29) is 9.79 Å². The summed E-state index contributed by atoms with van der Waals surface area (Å²) in [5, 5.41) is 0. The normalized spacial score (nSPS) is 10.7. The molecule has 0 heterocycles. The Morgan fingerprint density at radius 3 is 1.94 bits per heavy atom. The maximum Gasteiger partial charge on any atom is 0.206 e. The predicted molar refractivity (Wildman–Crippen MR) is 68.5 cm³/mol. The van der Waals surface area contributed by atoms with Crippen LogP contribution in [0.4, 0.5) is 0 Å². The standard InChI is InChI=1S/C14H10O3S/c15-11-10-12-6-8-14(9-7-12)18(16,17)13-4-2-1-3-5-13/h1-10H.